The minimum absolute atomic E-state index is 0.0802. The molecular formula is C27H34N8O3S. The molecule has 1 aromatic carbocycles. The summed E-state index contributed by atoms with van der Waals surface area (Å²) in [5.41, 5.74) is 2.76. The van der Waals surface area contributed by atoms with Crippen molar-refractivity contribution < 1.29 is 13.2 Å². The lowest BCUT2D eigenvalue weighted by atomic mass is 9.96. The maximum atomic E-state index is 12.9. The van der Waals surface area contributed by atoms with Crippen LogP contribution in [0.2, 0.25) is 0 Å². The van der Waals surface area contributed by atoms with Crippen LogP contribution in [0.15, 0.2) is 48.9 Å². The van der Waals surface area contributed by atoms with Crippen LogP contribution in [0.25, 0.3) is 11.3 Å². The van der Waals surface area contributed by atoms with Crippen LogP contribution in [-0.2, 0) is 14.9 Å². The van der Waals surface area contributed by atoms with Gasteiger partial charge < -0.3 is 10.1 Å². The van der Waals surface area contributed by atoms with Crippen molar-refractivity contribution in [1.82, 2.24) is 24.1 Å². The van der Waals surface area contributed by atoms with E-state index >= 15 is 0 Å². The van der Waals surface area contributed by atoms with Crippen molar-refractivity contribution in [2.24, 2.45) is 5.92 Å². The van der Waals surface area contributed by atoms with Gasteiger partial charge in [-0.05, 0) is 62.9 Å². The summed E-state index contributed by atoms with van der Waals surface area (Å²) in [6.07, 6.45) is 10.2. The van der Waals surface area contributed by atoms with E-state index in [2.05, 4.69) is 31.2 Å². The molecule has 0 bridgehead atoms. The minimum Gasteiger partial charge on any atom is -0.373 e. The molecule has 3 aromatic rings. The van der Waals surface area contributed by atoms with Crippen LogP contribution < -0.4 is 10.0 Å². The van der Waals surface area contributed by atoms with E-state index in [1.165, 1.54) is 17.1 Å². The third-order valence-corrected chi connectivity index (χ3v) is 8.72. The van der Waals surface area contributed by atoms with E-state index in [0.29, 0.717) is 37.1 Å². The van der Waals surface area contributed by atoms with E-state index in [0.717, 1.165) is 29.8 Å². The maximum absolute atomic E-state index is 12.9. The molecular weight excluding hydrogens is 516 g/mol. The van der Waals surface area contributed by atoms with Gasteiger partial charge in [0, 0.05) is 42.4 Å². The molecule has 1 saturated heterocycles. The van der Waals surface area contributed by atoms with Crippen molar-refractivity contribution in [3.05, 3.63) is 48.9 Å². The third-order valence-electron chi connectivity index (χ3n) is 7.25. The number of nitrogens with one attached hydrogen (secondary N) is 2. The Bertz CT molecular complexity index is 1400. The number of anilines is 3. The molecule has 3 atom stereocenters. The quantitative estimate of drug-likeness (QED) is 0.397. The lowest BCUT2D eigenvalue weighted by Gasteiger charge is -2.34. The minimum atomic E-state index is -3.69. The van der Waals surface area contributed by atoms with Crippen molar-refractivity contribution in [2.75, 3.05) is 23.1 Å². The van der Waals surface area contributed by atoms with Crippen LogP contribution in [0.1, 0.15) is 52.0 Å². The van der Waals surface area contributed by atoms with Crippen molar-refractivity contribution in [3.8, 4) is 17.3 Å². The normalized spacial score (nSPS) is 21.4. The van der Waals surface area contributed by atoms with Gasteiger partial charge in [0.2, 0.25) is 5.95 Å². The number of morpholine rings is 1. The zero-order valence-corrected chi connectivity index (χ0v) is 23.0. The first kappa shape index (κ1) is 27.1. The Kier molecular flexibility index (Phi) is 8.11. The van der Waals surface area contributed by atoms with E-state index in [9.17, 15) is 13.7 Å². The average Bonchev–Trinajstić information content (AvgIpc) is 3.61. The molecule has 0 radical (unpaired) electrons. The predicted molar refractivity (Wildman–Crippen MR) is 148 cm³/mol. The molecule has 11 nitrogen and oxygen atoms in total. The van der Waals surface area contributed by atoms with Gasteiger partial charge in [0.1, 0.15) is 0 Å². The molecule has 2 N–H and O–H groups in total. The summed E-state index contributed by atoms with van der Waals surface area (Å²) < 4.78 is 37.3. The van der Waals surface area contributed by atoms with E-state index in [-0.39, 0.29) is 18.2 Å². The highest BCUT2D eigenvalue weighted by molar-refractivity contribution is 7.90. The van der Waals surface area contributed by atoms with E-state index in [1.54, 1.807) is 36.7 Å². The molecule has 2 aliphatic rings. The molecule has 12 heteroatoms. The van der Waals surface area contributed by atoms with Gasteiger partial charge in [0.15, 0.2) is 0 Å². The molecule has 1 aliphatic heterocycles. The largest absolute Gasteiger partial charge is 0.373 e. The lowest BCUT2D eigenvalue weighted by molar-refractivity contribution is -0.0439. The van der Waals surface area contributed by atoms with Crippen molar-refractivity contribution >= 4 is 27.5 Å². The smallest absolute Gasteiger partial charge is 0.301 e. The van der Waals surface area contributed by atoms with Gasteiger partial charge in [-0.15, -0.1) is 0 Å². The van der Waals surface area contributed by atoms with Gasteiger partial charge in [-0.1, -0.05) is 12.8 Å². The fourth-order valence-corrected chi connectivity index (χ4v) is 6.81. The highest BCUT2D eigenvalue weighted by Crippen LogP contribution is 2.36. The number of nitrogens with zero attached hydrogens (tertiary/aromatic N) is 6. The molecule has 1 saturated carbocycles. The monoisotopic (exact) mass is 550 g/mol. The van der Waals surface area contributed by atoms with Crippen LogP contribution >= 0.6 is 0 Å². The van der Waals surface area contributed by atoms with Crippen LogP contribution in [0.4, 0.5) is 17.3 Å². The molecule has 3 heterocycles. The van der Waals surface area contributed by atoms with Crippen LogP contribution in [-0.4, -0.2) is 57.8 Å². The Hall–Kier alpha value is -3.53. The molecule has 5 rings (SSSR count). The summed E-state index contributed by atoms with van der Waals surface area (Å²) in [5, 5.41) is 17.1. The first-order valence-electron chi connectivity index (χ1n) is 13.4. The number of benzene rings is 1. The zero-order chi connectivity index (χ0) is 27.4. The van der Waals surface area contributed by atoms with Gasteiger partial charge in [0.05, 0.1) is 42.6 Å². The SMILES string of the molecule is CC1CN(S(=O)(=O)Nc2ccc(Nc3nccc(-c4cnn(C(CC#N)C5CCCC5)c4)n3)cc2)CC(C)O1. The molecule has 206 valence electrons. The Morgan fingerprint density at radius 2 is 1.79 bits per heavy atom. The molecule has 0 spiro atoms. The predicted octanol–water partition coefficient (Wildman–Crippen LogP) is 4.49. The second-order valence-corrected chi connectivity index (χ2v) is 12.0. The summed E-state index contributed by atoms with van der Waals surface area (Å²) >= 11 is 0. The maximum Gasteiger partial charge on any atom is 0.301 e. The summed E-state index contributed by atoms with van der Waals surface area (Å²) in [6.45, 7) is 4.35. The molecule has 2 fully saturated rings. The van der Waals surface area contributed by atoms with Gasteiger partial charge >= 0.3 is 10.2 Å². The molecule has 39 heavy (non-hydrogen) atoms. The summed E-state index contributed by atoms with van der Waals surface area (Å²) in [4.78, 5) is 8.97. The van der Waals surface area contributed by atoms with E-state index in [1.807, 2.05) is 30.8 Å². The first-order chi connectivity index (χ1) is 18.8. The van der Waals surface area contributed by atoms with E-state index in [4.69, 9.17) is 4.74 Å². The zero-order valence-electron chi connectivity index (χ0n) is 22.2. The Morgan fingerprint density at radius 3 is 2.49 bits per heavy atom. The van der Waals surface area contributed by atoms with Gasteiger partial charge in [-0.2, -0.15) is 23.1 Å². The Morgan fingerprint density at radius 1 is 1.10 bits per heavy atom. The fourth-order valence-electron chi connectivity index (χ4n) is 5.43. The number of rotatable bonds is 9. The summed E-state index contributed by atoms with van der Waals surface area (Å²) in [6, 6.07) is 11.2. The highest BCUT2D eigenvalue weighted by atomic mass is 32.2. The second-order valence-electron chi connectivity index (χ2n) is 10.3. The third kappa shape index (κ3) is 6.55. The topological polar surface area (TPSA) is 138 Å². The van der Waals surface area contributed by atoms with E-state index < -0.39 is 10.2 Å². The molecule has 1 aliphatic carbocycles. The standard InChI is InChI=1S/C27H34N8O3S/c1-19-16-34(17-20(2)38-19)39(36,37)33-24-9-7-23(8-10-24)31-27-29-14-12-25(32-27)22-15-30-35(18-22)26(11-13-28)21-5-3-4-6-21/h7-10,12,14-15,18-21,26,33H,3-6,11,16-17H2,1-2H3,(H,29,31,32). The summed E-state index contributed by atoms with van der Waals surface area (Å²) in [7, 11) is -3.69. The van der Waals surface area contributed by atoms with Crippen molar-refractivity contribution in [3.63, 3.8) is 0 Å². The van der Waals surface area contributed by atoms with Crippen molar-refractivity contribution in [2.45, 2.75) is 64.2 Å². The molecule has 2 aromatic heterocycles. The Balaban J connectivity index is 1.24. The van der Waals surface area contributed by atoms with Crippen LogP contribution in [0, 0.1) is 17.2 Å². The number of nitriles is 1. The Labute approximate surface area is 229 Å². The van der Waals surface area contributed by atoms with Gasteiger partial charge in [-0.25, -0.2) is 9.97 Å². The summed E-state index contributed by atoms with van der Waals surface area (Å²) in [5.74, 6) is 0.891. The van der Waals surface area contributed by atoms with Gasteiger partial charge in [0.25, 0.3) is 0 Å². The molecule has 0 amide bonds. The average molecular weight is 551 g/mol. The van der Waals surface area contributed by atoms with Gasteiger partial charge in [-0.3, -0.25) is 9.40 Å². The lowest BCUT2D eigenvalue weighted by Crippen LogP contribution is -2.49. The van der Waals surface area contributed by atoms with Crippen LogP contribution in [0.3, 0.4) is 0 Å². The van der Waals surface area contributed by atoms with Crippen molar-refractivity contribution in [1.29, 1.82) is 5.26 Å². The first-order valence-corrected chi connectivity index (χ1v) is 14.8. The highest BCUT2D eigenvalue weighted by Gasteiger charge is 2.31. The molecule has 3 unspecified atom stereocenters. The number of ether oxygens (including phenoxy) is 1. The fraction of sp³-hybridized carbons (Fsp3) is 0.481. The number of hydrogen-bond acceptors (Lipinski definition) is 8. The van der Waals surface area contributed by atoms with Crippen LogP contribution in [0.5, 0.6) is 0 Å². The second kappa shape index (κ2) is 11.7. The number of hydrogen-bond donors (Lipinski definition) is 2. The number of aromatic nitrogens is 4.